The van der Waals surface area contributed by atoms with E-state index in [9.17, 15) is 0 Å². The minimum Gasteiger partial charge on any atom is -0.240 e. The molecule has 0 amide bonds. The van der Waals surface area contributed by atoms with Crippen LogP contribution in [0.4, 0.5) is 0 Å². The van der Waals surface area contributed by atoms with E-state index in [0.29, 0.717) is 0 Å². The highest BCUT2D eigenvalue weighted by Gasteiger charge is 2.04. The average Bonchev–Trinajstić information content (AvgIpc) is 2.61. The van der Waals surface area contributed by atoms with E-state index in [4.69, 9.17) is 0 Å². The van der Waals surface area contributed by atoms with Crippen molar-refractivity contribution in [3.05, 3.63) is 47.3 Å². The Bertz CT molecular complexity index is 457. The molecular weight excluding hydrogens is 252 g/mol. The number of rotatable bonds is 2. The van der Waals surface area contributed by atoms with Crippen LogP contribution >= 0.6 is 15.9 Å². The summed E-state index contributed by atoms with van der Waals surface area (Å²) in [6, 6.07) is 8.36. The van der Waals surface area contributed by atoms with Crippen molar-refractivity contribution in [1.82, 2.24) is 9.78 Å². The van der Waals surface area contributed by atoms with Gasteiger partial charge in [0.2, 0.25) is 0 Å². The van der Waals surface area contributed by atoms with Gasteiger partial charge < -0.3 is 0 Å². The zero-order valence-corrected chi connectivity index (χ0v) is 10.5. The van der Waals surface area contributed by atoms with Crippen molar-refractivity contribution < 1.29 is 0 Å². The number of halogens is 1. The lowest BCUT2D eigenvalue weighted by atomic mass is 10.2. The molecule has 0 spiro atoms. The van der Waals surface area contributed by atoms with Crippen LogP contribution in [-0.4, -0.2) is 9.78 Å². The largest absolute Gasteiger partial charge is 0.240 e. The zero-order chi connectivity index (χ0) is 10.8. The predicted molar refractivity (Wildman–Crippen MR) is 65.7 cm³/mol. The molecule has 0 radical (unpaired) electrons. The Morgan fingerprint density at radius 2 is 1.87 bits per heavy atom. The van der Waals surface area contributed by atoms with Crippen LogP contribution in [0.25, 0.3) is 5.69 Å². The molecule has 0 N–H and O–H groups in total. The fourth-order valence-corrected chi connectivity index (χ4v) is 2.01. The van der Waals surface area contributed by atoms with Gasteiger partial charge in [0.15, 0.2) is 0 Å². The normalized spacial score (nSPS) is 10.6. The van der Waals surface area contributed by atoms with E-state index < -0.39 is 0 Å². The summed E-state index contributed by atoms with van der Waals surface area (Å²) in [6.45, 7) is 4.11. The van der Waals surface area contributed by atoms with Crippen LogP contribution in [0.3, 0.4) is 0 Å². The lowest BCUT2D eigenvalue weighted by Gasteiger charge is -2.00. The molecule has 0 aliphatic heterocycles. The first-order valence-electron chi connectivity index (χ1n) is 4.89. The summed E-state index contributed by atoms with van der Waals surface area (Å²) in [7, 11) is 0. The number of alkyl halides is 1. The van der Waals surface area contributed by atoms with Gasteiger partial charge >= 0.3 is 0 Å². The Balaban J connectivity index is 2.41. The molecule has 0 fully saturated rings. The van der Waals surface area contributed by atoms with E-state index in [2.05, 4.69) is 58.4 Å². The van der Waals surface area contributed by atoms with Crippen LogP contribution in [0.1, 0.15) is 16.8 Å². The lowest BCUT2D eigenvalue weighted by Crippen LogP contribution is -1.94. The first-order valence-corrected chi connectivity index (χ1v) is 6.01. The Kier molecular flexibility index (Phi) is 2.91. The summed E-state index contributed by atoms with van der Waals surface area (Å²) in [5, 5.41) is 5.32. The van der Waals surface area contributed by atoms with Gasteiger partial charge in [0.25, 0.3) is 0 Å². The zero-order valence-electron chi connectivity index (χ0n) is 8.87. The summed E-state index contributed by atoms with van der Waals surface area (Å²) >= 11 is 3.45. The smallest absolute Gasteiger partial charge is 0.0645 e. The molecule has 0 saturated heterocycles. The van der Waals surface area contributed by atoms with Gasteiger partial charge in [0.05, 0.1) is 11.4 Å². The van der Waals surface area contributed by atoms with Crippen molar-refractivity contribution in [3.63, 3.8) is 0 Å². The molecule has 0 atom stereocenters. The molecule has 78 valence electrons. The molecule has 0 aliphatic rings. The van der Waals surface area contributed by atoms with Crippen LogP contribution in [-0.2, 0) is 5.33 Å². The third kappa shape index (κ3) is 2.12. The highest BCUT2D eigenvalue weighted by atomic mass is 79.9. The highest BCUT2D eigenvalue weighted by molar-refractivity contribution is 9.08. The predicted octanol–water partition coefficient (Wildman–Crippen LogP) is 3.38. The third-order valence-corrected chi connectivity index (χ3v) is 3.05. The summed E-state index contributed by atoms with van der Waals surface area (Å²) in [5.74, 6) is 0. The fourth-order valence-electron chi connectivity index (χ4n) is 1.46. The van der Waals surface area contributed by atoms with Gasteiger partial charge in [0, 0.05) is 17.1 Å². The Morgan fingerprint density at radius 1 is 1.20 bits per heavy atom. The Labute approximate surface area is 98.1 Å². The number of hydrogen-bond donors (Lipinski definition) is 0. The molecule has 1 aromatic heterocycles. The maximum Gasteiger partial charge on any atom is 0.0645 e. The second-order valence-electron chi connectivity index (χ2n) is 3.65. The summed E-state index contributed by atoms with van der Waals surface area (Å²) in [6.07, 6.45) is 2.06. The monoisotopic (exact) mass is 264 g/mol. The first kappa shape index (κ1) is 10.4. The van der Waals surface area contributed by atoms with Gasteiger partial charge in [-0.15, -0.1) is 0 Å². The molecule has 2 nitrogen and oxygen atoms in total. The van der Waals surface area contributed by atoms with Gasteiger partial charge in [-0.25, -0.2) is 4.68 Å². The van der Waals surface area contributed by atoms with Crippen molar-refractivity contribution in [1.29, 1.82) is 0 Å². The molecule has 0 unspecified atom stereocenters. The Morgan fingerprint density at radius 3 is 2.40 bits per heavy atom. The van der Waals surface area contributed by atoms with Crippen LogP contribution < -0.4 is 0 Å². The maximum atomic E-state index is 4.47. The summed E-state index contributed by atoms with van der Waals surface area (Å²) in [5.41, 5.74) is 4.68. The number of aryl methyl sites for hydroxylation is 2. The van der Waals surface area contributed by atoms with Crippen molar-refractivity contribution in [2.45, 2.75) is 19.2 Å². The van der Waals surface area contributed by atoms with E-state index in [1.165, 1.54) is 11.1 Å². The van der Waals surface area contributed by atoms with Gasteiger partial charge in [-0.05, 0) is 26.0 Å². The van der Waals surface area contributed by atoms with Gasteiger partial charge in [-0.1, -0.05) is 33.6 Å². The van der Waals surface area contributed by atoms with Gasteiger partial charge in [-0.3, -0.25) is 0 Å². The maximum absolute atomic E-state index is 4.47. The quantitative estimate of drug-likeness (QED) is 0.761. The molecule has 1 aromatic carbocycles. The number of hydrogen-bond acceptors (Lipinski definition) is 1. The average molecular weight is 265 g/mol. The molecule has 3 heteroatoms. The van der Waals surface area contributed by atoms with E-state index in [1.807, 2.05) is 11.6 Å². The summed E-state index contributed by atoms with van der Waals surface area (Å²) in [4.78, 5) is 0. The van der Waals surface area contributed by atoms with Crippen LogP contribution in [0.2, 0.25) is 0 Å². The SMILES string of the molecule is Cc1ccc(-n2cc(CBr)c(C)n2)cc1. The van der Waals surface area contributed by atoms with E-state index in [1.54, 1.807) is 0 Å². The minimum absolute atomic E-state index is 0.852. The molecule has 2 aromatic rings. The Hall–Kier alpha value is -1.09. The fraction of sp³-hybridized carbons (Fsp3) is 0.250. The molecule has 1 heterocycles. The van der Waals surface area contributed by atoms with E-state index in [0.717, 1.165) is 16.7 Å². The molecule has 15 heavy (non-hydrogen) atoms. The number of benzene rings is 1. The third-order valence-electron chi connectivity index (χ3n) is 2.44. The molecule has 0 bridgehead atoms. The van der Waals surface area contributed by atoms with Crippen LogP contribution in [0.15, 0.2) is 30.5 Å². The summed E-state index contributed by atoms with van der Waals surface area (Å²) < 4.78 is 1.92. The molecule has 0 aliphatic carbocycles. The highest BCUT2D eigenvalue weighted by Crippen LogP contribution is 2.14. The van der Waals surface area contributed by atoms with E-state index >= 15 is 0 Å². The van der Waals surface area contributed by atoms with Crippen LogP contribution in [0.5, 0.6) is 0 Å². The number of aromatic nitrogens is 2. The number of nitrogens with zero attached hydrogens (tertiary/aromatic N) is 2. The molecular formula is C12H13BrN2. The standard InChI is InChI=1S/C12H13BrN2/c1-9-3-5-12(6-4-9)15-8-11(7-13)10(2)14-15/h3-6,8H,7H2,1-2H3. The molecule has 0 saturated carbocycles. The van der Waals surface area contributed by atoms with Gasteiger partial charge in [-0.2, -0.15) is 5.10 Å². The van der Waals surface area contributed by atoms with Crippen LogP contribution in [0, 0.1) is 13.8 Å². The van der Waals surface area contributed by atoms with Crippen molar-refractivity contribution >= 4 is 15.9 Å². The van der Waals surface area contributed by atoms with Crippen molar-refractivity contribution in [2.75, 3.05) is 0 Å². The lowest BCUT2D eigenvalue weighted by molar-refractivity contribution is 0.862. The van der Waals surface area contributed by atoms with Gasteiger partial charge in [0.1, 0.15) is 0 Å². The second kappa shape index (κ2) is 4.19. The minimum atomic E-state index is 0.852. The molecule has 2 rings (SSSR count). The topological polar surface area (TPSA) is 17.8 Å². The van der Waals surface area contributed by atoms with Crippen molar-refractivity contribution in [3.8, 4) is 5.69 Å². The van der Waals surface area contributed by atoms with Crippen molar-refractivity contribution in [2.24, 2.45) is 0 Å². The van der Waals surface area contributed by atoms with E-state index in [-0.39, 0.29) is 0 Å². The first-order chi connectivity index (χ1) is 7.20. The second-order valence-corrected chi connectivity index (χ2v) is 4.21.